The zero-order valence-corrected chi connectivity index (χ0v) is 10.1. The van der Waals surface area contributed by atoms with Crippen LogP contribution in [0, 0.1) is 11.6 Å². The predicted octanol–water partition coefficient (Wildman–Crippen LogP) is 1.43. The highest BCUT2D eigenvalue weighted by Gasteiger charge is 2.16. The Morgan fingerprint density at radius 1 is 1.38 bits per heavy atom. The minimum Gasteiger partial charge on any atom is -0.323 e. The van der Waals surface area contributed by atoms with Gasteiger partial charge in [-0.15, -0.1) is 12.4 Å². The molecule has 1 aromatic rings. The minimum absolute atomic E-state index is 0. The average molecular weight is 272 g/mol. The van der Waals surface area contributed by atoms with Gasteiger partial charge in [-0.05, 0) is 6.07 Å². The van der Waals surface area contributed by atoms with E-state index in [0.717, 1.165) is 18.4 Å². The summed E-state index contributed by atoms with van der Waals surface area (Å²) >= 11 is 0. The van der Waals surface area contributed by atoms with E-state index in [2.05, 4.69) is 0 Å². The van der Waals surface area contributed by atoms with E-state index in [1.165, 1.54) is 0 Å². The van der Waals surface area contributed by atoms with Crippen molar-refractivity contribution >= 4 is 22.2 Å². The molecule has 0 fully saturated rings. The molecule has 0 aliphatic carbocycles. The molecule has 1 rings (SSSR count). The predicted molar refractivity (Wildman–Crippen MR) is 60.2 cm³/mol. The first kappa shape index (κ1) is 15.3. The highest BCUT2D eigenvalue weighted by atomic mass is 35.5. The minimum atomic E-state index is -3.28. The number of halogens is 3. The third-order valence-electron chi connectivity index (χ3n) is 1.84. The van der Waals surface area contributed by atoms with Crippen molar-refractivity contribution in [3.8, 4) is 0 Å². The molecule has 92 valence electrons. The van der Waals surface area contributed by atoms with Crippen LogP contribution in [-0.4, -0.2) is 20.4 Å². The summed E-state index contributed by atoms with van der Waals surface area (Å²) in [5.74, 6) is -1.91. The standard InChI is InChI=1S/C9H11F2NO2S.ClH/c1-15(13,14)5-9(12)7-3-2-6(10)4-8(7)11;/h2-4,9H,5,12H2,1H3;1H. The van der Waals surface area contributed by atoms with E-state index in [0.29, 0.717) is 6.07 Å². The second-order valence-electron chi connectivity index (χ2n) is 3.36. The lowest BCUT2D eigenvalue weighted by atomic mass is 10.1. The van der Waals surface area contributed by atoms with Gasteiger partial charge in [-0.25, -0.2) is 17.2 Å². The fraction of sp³-hybridized carbons (Fsp3) is 0.333. The van der Waals surface area contributed by atoms with Crippen LogP contribution < -0.4 is 5.73 Å². The Balaban J connectivity index is 0.00000225. The molecule has 0 aliphatic heterocycles. The zero-order chi connectivity index (χ0) is 11.6. The Labute approximate surface area is 99.0 Å². The largest absolute Gasteiger partial charge is 0.323 e. The topological polar surface area (TPSA) is 60.2 Å². The maximum Gasteiger partial charge on any atom is 0.149 e. The first-order chi connectivity index (χ1) is 6.79. The van der Waals surface area contributed by atoms with Crippen molar-refractivity contribution in [3.05, 3.63) is 35.4 Å². The van der Waals surface area contributed by atoms with Crippen LogP contribution in [0.2, 0.25) is 0 Å². The number of benzene rings is 1. The third kappa shape index (κ3) is 4.42. The Kier molecular flexibility index (Phi) is 5.31. The van der Waals surface area contributed by atoms with Gasteiger partial charge in [-0.3, -0.25) is 0 Å². The molecule has 0 amide bonds. The molecule has 1 aromatic carbocycles. The smallest absolute Gasteiger partial charge is 0.149 e. The summed E-state index contributed by atoms with van der Waals surface area (Å²) in [5.41, 5.74) is 5.49. The molecule has 0 aromatic heterocycles. The van der Waals surface area contributed by atoms with E-state index in [9.17, 15) is 17.2 Å². The van der Waals surface area contributed by atoms with Gasteiger partial charge in [0, 0.05) is 23.9 Å². The Hall–Kier alpha value is -0.720. The van der Waals surface area contributed by atoms with Crippen LogP contribution in [0.3, 0.4) is 0 Å². The van der Waals surface area contributed by atoms with Gasteiger partial charge in [-0.2, -0.15) is 0 Å². The van der Waals surface area contributed by atoms with E-state index in [1.54, 1.807) is 0 Å². The van der Waals surface area contributed by atoms with Gasteiger partial charge in [0.2, 0.25) is 0 Å². The second-order valence-corrected chi connectivity index (χ2v) is 5.55. The van der Waals surface area contributed by atoms with Gasteiger partial charge < -0.3 is 5.73 Å². The van der Waals surface area contributed by atoms with E-state index >= 15 is 0 Å². The summed E-state index contributed by atoms with van der Waals surface area (Å²) in [6.45, 7) is 0. The number of nitrogens with two attached hydrogens (primary N) is 1. The first-order valence-corrected chi connectivity index (χ1v) is 6.24. The molecule has 1 unspecified atom stereocenters. The molecule has 0 heterocycles. The lowest BCUT2D eigenvalue weighted by Gasteiger charge is -2.11. The van der Waals surface area contributed by atoms with Crippen LogP contribution in [-0.2, 0) is 9.84 Å². The van der Waals surface area contributed by atoms with Crippen molar-refractivity contribution in [1.29, 1.82) is 0 Å². The summed E-state index contributed by atoms with van der Waals surface area (Å²) in [7, 11) is -3.28. The quantitative estimate of drug-likeness (QED) is 0.905. The van der Waals surface area contributed by atoms with E-state index in [4.69, 9.17) is 5.73 Å². The molecule has 0 aliphatic rings. The van der Waals surface area contributed by atoms with Crippen molar-refractivity contribution in [2.45, 2.75) is 6.04 Å². The van der Waals surface area contributed by atoms with Crippen LogP contribution in [0.1, 0.15) is 11.6 Å². The molecular formula is C9H12ClF2NO2S. The molecule has 0 saturated carbocycles. The molecular weight excluding hydrogens is 260 g/mol. The van der Waals surface area contributed by atoms with E-state index < -0.39 is 27.5 Å². The number of rotatable bonds is 3. The number of hydrogen-bond acceptors (Lipinski definition) is 3. The molecule has 7 heteroatoms. The highest BCUT2D eigenvalue weighted by molar-refractivity contribution is 7.90. The second kappa shape index (κ2) is 5.56. The highest BCUT2D eigenvalue weighted by Crippen LogP contribution is 2.17. The maximum absolute atomic E-state index is 13.2. The van der Waals surface area contributed by atoms with Gasteiger partial charge >= 0.3 is 0 Å². The number of sulfone groups is 1. The van der Waals surface area contributed by atoms with Crippen LogP contribution in [0.15, 0.2) is 18.2 Å². The van der Waals surface area contributed by atoms with Gasteiger partial charge in [-0.1, -0.05) is 6.07 Å². The first-order valence-electron chi connectivity index (χ1n) is 4.18. The van der Waals surface area contributed by atoms with Crippen molar-refractivity contribution in [3.63, 3.8) is 0 Å². The van der Waals surface area contributed by atoms with Gasteiger partial charge in [0.05, 0.1) is 5.75 Å². The summed E-state index contributed by atoms with van der Waals surface area (Å²) in [6, 6.07) is 1.90. The Bertz CT molecular complexity index is 465. The maximum atomic E-state index is 13.2. The monoisotopic (exact) mass is 271 g/mol. The van der Waals surface area contributed by atoms with Gasteiger partial charge in [0.1, 0.15) is 21.5 Å². The van der Waals surface area contributed by atoms with E-state index in [-0.39, 0.29) is 23.7 Å². The van der Waals surface area contributed by atoms with Crippen molar-refractivity contribution in [2.24, 2.45) is 5.73 Å². The molecule has 0 saturated heterocycles. The Morgan fingerprint density at radius 3 is 2.38 bits per heavy atom. The summed E-state index contributed by atoms with van der Waals surface area (Å²) in [6.07, 6.45) is 1.01. The van der Waals surface area contributed by atoms with Crippen molar-refractivity contribution in [2.75, 3.05) is 12.0 Å². The fourth-order valence-electron chi connectivity index (χ4n) is 1.22. The molecule has 0 radical (unpaired) electrons. The van der Waals surface area contributed by atoms with Crippen LogP contribution in [0.25, 0.3) is 0 Å². The van der Waals surface area contributed by atoms with Crippen LogP contribution >= 0.6 is 12.4 Å². The zero-order valence-electron chi connectivity index (χ0n) is 8.48. The molecule has 2 N–H and O–H groups in total. The molecule has 3 nitrogen and oxygen atoms in total. The molecule has 0 spiro atoms. The summed E-state index contributed by atoms with van der Waals surface area (Å²) < 4.78 is 47.5. The lowest BCUT2D eigenvalue weighted by molar-refractivity contribution is 0.558. The van der Waals surface area contributed by atoms with E-state index in [1.807, 2.05) is 0 Å². The Morgan fingerprint density at radius 2 is 1.94 bits per heavy atom. The molecule has 0 bridgehead atoms. The third-order valence-corrected chi connectivity index (χ3v) is 2.81. The average Bonchev–Trinajstić information content (AvgIpc) is 1.99. The fourth-order valence-corrected chi connectivity index (χ4v) is 2.05. The summed E-state index contributed by atoms with van der Waals surface area (Å²) in [5, 5.41) is 0. The molecule has 1 atom stereocenters. The van der Waals surface area contributed by atoms with Gasteiger partial charge in [0.15, 0.2) is 0 Å². The van der Waals surface area contributed by atoms with Gasteiger partial charge in [0.25, 0.3) is 0 Å². The van der Waals surface area contributed by atoms with Crippen LogP contribution in [0.5, 0.6) is 0 Å². The summed E-state index contributed by atoms with van der Waals surface area (Å²) in [4.78, 5) is 0. The molecule has 16 heavy (non-hydrogen) atoms. The lowest BCUT2D eigenvalue weighted by Crippen LogP contribution is -2.21. The number of hydrogen-bond donors (Lipinski definition) is 1. The van der Waals surface area contributed by atoms with Crippen molar-refractivity contribution < 1.29 is 17.2 Å². The SMILES string of the molecule is CS(=O)(=O)CC(N)c1ccc(F)cc1F.Cl. The van der Waals surface area contributed by atoms with Crippen molar-refractivity contribution in [1.82, 2.24) is 0 Å². The normalized spacial score (nSPS) is 13.0. The van der Waals surface area contributed by atoms with Crippen LogP contribution in [0.4, 0.5) is 8.78 Å².